The molecule has 0 aliphatic heterocycles. The number of hydrogen-bond donors (Lipinski definition) is 2. The van der Waals surface area contributed by atoms with E-state index in [9.17, 15) is 9.18 Å². The lowest BCUT2D eigenvalue weighted by molar-refractivity contribution is 0.140. The summed E-state index contributed by atoms with van der Waals surface area (Å²) >= 11 is 0. The van der Waals surface area contributed by atoms with Gasteiger partial charge in [-0.15, -0.1) is 0 Å². The molecule has 0 bridgehead atoms. The number of nitrogens with one attached hydrogen (secondary N) is 1. The number of carbonyl (C=O) groups excluding carboxylic acids is 1. The maximum absolute atomic E-state index is 12.7. The number of halogens is 1. The summed E-state index contributed by atoms with van der Waals surface area (Å²) in [5, 5.41) is 2.44. The standard InChI is InChI=1S/C10H13FN2O2/c11-9-3-1-2-8(6-9)7-15-10(14)13-5-4-12/h1-3,6H,4-5,7,12H2,(H,13,14). The molecule has 1 aromatic carbocycles. The molecule has 1 aromatic rings. The first-order chi connectivity index (χ1) is 7.22. The van der Waals surface area contributed by atoms with E-state index in [0.717, 1.165) is 0 Å². The predicted octanol–water partition coefficient (Wildman–Crippen LogP) is 1.01. The van der Waals surface area contributed by atoms with E-state index in [4.69, 9.17) is 10.5 Å². The molecule has 0 aliphatic carbocycles. The summed E-state index contributed by atoms with van der Waals surface area (Å²) in [6.45, 7) is 0.769. The Hall–Kier alpha value is -1.62. The Morgan fingerprint density at radius 1 is 1.53 bits per heavy atom. The zero-order chi connectivity index (χ0) is 11.1. The van der Waals surface area contributed by atoms with Crippen molar-refractivity contribution < 1.29 is 13.9 Å². The lowest BCUT2D eigenvalue weighted by Crippen LogP contribution is -2.29. The number of alkyl carbamates (subject to hydrolysis) is 1. The van der Waals surface area contributed by atoms with Gasteiger partial charge in [-0.3, -0.25) is 0 Å². The molecule has 0 saturated carbocycles. The van der Waals surface area contributed by atoms with Gasteiger partial charge in [0.1, 0.15) is 12.4 Å². The van der Waals surface area contributed by atoms with Crippen LogP contribution < -0.4 is 11.1 Å². The summed E-state index contributed by atoms with van der Waals surface area (Å²) in [4.78, 5) is 11.0. The smallest absolute Gasteiger partial charge is 0.407 e. The van der Waals surface area contributed by atoms with E-state index in [-0.39, 0.29) is 12.4 Å². The van der Waals surface area contributed by atoms with Gasteiger partial charge in [0.05, 0.1) is 0 Å². The fourth-order valence-corrected chi connectivity index (χ4v) is 1.00. The highest BCUT2D eigenvalue weighted by Crippen LogP contribution is 2.04. The minimum atomic E-state index is -0.551. The van der Waals surface area contributed by atoms with Crippen molar-refractivity contribution in [2.75, 3.05) is 13.1 Å². The Labute approximate surface area is 87.2 Å². The average molecular weight is 212 g/mol. The van der Waals surface area contributed by atoms with Crippen molar-refractivity contribution in [3.05, 3.63) is 35.6 Å². The van der Waals surface area contributed by atoms with Gasteiger partial charge in [0, 0.05) is 13.1 Å². The fourth-order valence-electron chi connectivity index (χ4n) is 1.00. The topological polar surface area (TPSA) is 64.3 Å². The summed E-state index contributed by atoms with van der Waals surface area (Å²) in [5.41, 5.74) is 5.79. The van der Waals surface area contributed by atoms with Crippen LogP contribution in [0.3, 0.4) is 0 Å². The molecule has 0 spiro atoms. The van der Waals surface area contributed by atoms with Crippen molar-refractivity contribution in [3.63, 3.8) is 0 Å². The molecule has 15 heavy (non-hydrogen) atoms. The fraction of sp³-hybridized carbons (Fsp3) is 0.300. The molecular weight excluding hydrogens is 199 g/mol. The lowest BCUT2D eigenvalue weighted by Gasteiger charge is -2.05. The quantitative estimate of drug-likeness (QED) is 0.782. The van der Waals surface area contributed by atoms with Gasteiger partial charge in [-0.25, -0.2) is 9.18 Å². The molecule has 0 radical (unpaired) electrons. The van der Waals surface area contributed by atoms with Gasteiger partial charge in [0.15, 0.2) is 0 Å². The average Bonchev–Trinajstić information content (AvgIpc) is 2.23. The lowest BCUT2D eigenvalue weighted by atomic mass is 10.2. The maximum Gasteiger partial charge on any atom is 0.407 e. The van der Waals surface area contributed by atoms with Gasteiger partial charge < -0.3 is 15.8 Å². The molecule has 0 atom stereocenters. The zero-order valence-electron chi connectivity index (χ0n) is 8.20. The molecule has 0 aliphatic rings. The van der Waals surface area contributed by atoms with E-state index in [1.807, 2.05) is 0 Å². The van der Waals surface area contributed by atoms with Crippen LogP contribution in [-0.2, 0) is 11.3 Å². The van der Waals surface area contributed by atoms with Crippen LogP contribution in [0.25, 0.3) is 0 Å². The van der Waals surface area contributed by atoms with E-state index >= 15 is 0 Å². The number of benzene rings is 1. The number of amides is 1. The molecule has 4 nitrogen and oxygen atoms in total. The van der Waals surface area contributed by atoms with E-state index in [2.05, 4.69) is 5.32 Å². The molecule has 82 valence electrons. The van der Waals surface area contributed by atoms with Gasteiger partial charge in [-0.05, 0) is 17.7 Å². The minimum Gasteiger partial charge on any atom is -0.445 e. The Morgan fingerprint density at radius 3 is 3.00 bits per heavy atom. The van der Waals surface area contributed by atoms with Crippen LogP contribution >= 0.6 is 0 Å². The third kappa shape index (κ3) is 4.42. The second-order valence-electron chi connectivity index (χ2n) is 2.92. The van der Waals surface area contributed by atoms with Crippen LogP contribution in [0.15, 0.2) is 24.3 Å². The van der Waals surface area contributed by atoms with Crippen LogP contribution in [0.1, 0.15) is 5.56 Å². The highest BCUT2D eigenvalue weighted by atomic mass is 19.1. The summed E-state index contributed by atoms with van der Waals surface area (Å²) < 4.78 is 17.5. The second kappa shape index (κ2) is 5.98. The molecule has 1 amide bonds. The van der Waals surface area contributed by atoms with Crippen molar-refractivity contribution in [3.8, 4) is 0 Å². The van der Waals surface area contributed by atoms with Crippen molar-refractivity contribution in [2.45, 2.75) is 6.61 Å². The summed E-state index contributed by atoms with van der Waals surface area (Å²) in [6, 6.07) is 5.89. The van der Waals surface area contributed by atoms with Crippen molar-refractivity contribution in [1.82, 2.24) is 5.32 Å². The second-order valence-corrected chi connectivity index (χ2v) is 2.92. The monoisotopic (exact) mass is 212 g/mol. The minimum absolute atomic E-state index is 0.0498. The Morgan fingerprint density at radius 2 is 2.33 bits per heavy atom. The first kappa shape index (κ1) is 11.5. The highest BCUT2D eigenvalue weighted by molar-refractivity contribution is 5.67. The van der Waals surface area contributed by atoms with Crippen molar-refractivity contribution in [1.29, 1.82) is 0 Å². The molecule has 0 aromatic heterocycles. The van der Waals surface area contributed by atoms with E-state index in [0.29, 0.717) is 18.7 Å². The Balaban J connectivity index is 2.33. The number of rotatable bonds is 4. The first-order valence-electron chi connectivity index (χ1n) is 4.57. The summed E-state index contributed by atoms with van der Waals surface area (Å²) in [6.07, 6.45) is -0.551. The van der Waals surface area contributed by atoms with Gasteiger partial charge in [0.2, 0.25) is 0 Å². The van der Waals surface area contributed by atoms with Crippen molar-refractivity contribution >= 4 is 6.09 Å². The van der Waals surface area contributed by atoms with Crippen LogP contribution in [0.2, 0.25) is 0 Å². The van der Waals surface area contributed by atoms with Gasteiger partial charge in [-0.2, -0.15) is 0 Å². The van der Waals surface area contributed by atoms with Crippen LogP contribution in [-0.4, -0.2) is 19.2 Å². The highest BCUT2D eigenvalue weighted by Gasteiger charge is 2.01. The first-order valence-corrected chi connectivity index (χ1v) is 4.57. The molecule has 1 rings (SSSR count). The normalized spacial score (nSPS) is 9.73. The van der Waals surface area contributed by atoms with Crippen LogP contribution in [0, 0.1) is 5.82 Å². The number of carbonyl (C=O) groups is 1. The van der Waals surface area contributed by atoms with Crippen LogP contribution in [0.4, 0.5) is 9.18 Å². The zero-order valence-corrected chi connectivity index (χ0v) is 8.20. The van der Waals surface area contributed by atoms with Gasteiger partial charge in [0.25, 0.3) is 0 Å². The van der Waals surface area contributed by atoms with E-state index in [1.165, 1.54) is 12.1 Å². The number of nitrogens with two attached hydrogens (primary N) is 1. The maximum atomic E-state index is 12.7. The largest absolute Gasteiger partial charge is 0.445 e. The third-order valence-corrected chi connectivity index (χ3v) is 1.67. The molecule has 5 heteroatoms. The number of ether oxygens (including phenoxy) is 1. The number of hydrogen-bond acceptors (Lipinski definition) is 3. The SMILES string of the molecule is NCCNC(=O)OCc1cccc(F)c1. The van der Waals surface area contributed by atoms with Gasteiger partial charge in [-0.1, -0.05) is 12.1 Å². The van der Waals surface area contributed by atoms with Gasteiger partial charge >= 0.3 is 6.09 Å². The third-order valence-electron chi connectivity index (χ3n) is 1.67. The summed E-state index contributed by atoms with van der Waals surface area (Å²) in [7, 11) is 0. The van der Waals surface area contributed by atoms with Crippen molar-refractivity contribution in [2.24, 2.45) is 5.73 Å². The molecule has 0 saturated heterocycles. The van der Waals surface area contributed by atoms with E-state index in [1.54, 1.807) is 12.1 Å². The van der Waals surface area contributed by atoms with E-state index < -0.39 is 6.09 Å². The molecule has 0 heterocycles. The predicted molar refractivity (Wildman–Crippen MR) is 53.6 cm³/mol. The summed E-state index contributed by atoms with van der Waals surface area (Å²) in [5.74, 6) is -0.349. The molecule has 0 unspecified atom stereocenters. The molecule has 0 fully saturated rings. The van der Waals surface area contributed by atoms with Crippen LogP contribution in [0.5, 0.6) is 0 Å². The Bertz CT molecular complexity index is 331. The molecule has 3 N–H and O–H groups in total. The Kier molecular flexibility index (Phi) is 4.56. The molecular formula is C10H13FN2O2.